The van der Waals surface area contributed by atoms with E-state index in [4.69, 9.17) is 21.8 Å². The Kier molecular flexibility index (Phi) is 1.89. The number of nitrogen functional groups attached to an aromatic ring is 1. The van der Waals surface area contributed by atoms with E-state index < -0.39 is 0 Å². The second kappa shape index (κ2) is 3.14. The Hall–Kier alpha value is -1.22. The van der Waals surface area contributed by atoms with E-state index in [1.54, 1.807) is 12.1 Å². The Labute approximate surface area is 92.2 Å². The number of hydrogen-bond donors (Lipinski definition) is 1. The summed E-state index contributed by atoms with van der Waals surface area (Å²) in [5, 5.41) is 0.538. The molecule has 0 unspecified atom stereocenters. The van der Waals surface area contributed by atoms with E-state index in [0.717, 1.165) is 17.0 Å². The Morgan fingerprint density at radius 2 is 2.20 bits per heavy atom. The Balaban J connectivity index is 2.12. The van der Waals surface area contributed by atoms with Gasteiger partial charge in [0, 0.05) is 12.0 Å². The number of nitrogens with two attached hydrogens (primary N) is 1. The highest BCUT2D eigenvalue weighted by molar-refractivity contribution is 6.33. The van der Waals surface area contributed by atoms with Crippen LogP contribution < -0.4 is 5.73 Å². The SMILES string of the molecule is Nc1cc2oc(C3CCC3)nc2cc1Cl. The van der Waals surface area contributed by atoms with Crippen molar-refractivity contribution in [1.29, 1.82) is 0 Å². The van der Waals surface area contributed by atoms with Crippen molar-refractivity contribution >= 4 is 28.4 Å². The Morgan fingerprint density at radius 3 is 2.87 bits per heavy atom. The molecule has 3 nitrogen and oxygen atoms in total. The minimum Gasteiger partial charge on any atom is -0.440 e. The molecule has 1 aromatic heterocycles. The average Bonchev–Trinajstić information content (AvgIpc) is 2.45. The van der Waals surface area contributed by atoms with Crippen molar-refractivity contribution in [3.05, 3.63) is 23.0 Å². The highest BCUT2D eigenvalue weighted by Crippen LogP contribution is 2.37. The van der Waals surface area contributed by atoms with Crippen LogP contribution in [0.3, 0.4) is 0 Å². The largest absolute Gasteiger partial charge is 0.440 e. The summed E-state index contributed by atoms with van der Waals surface area (Å²) < 4.78 is 5.66. The van der Waals surface area contributed by atoms with Crippen LogP contribution >= 0.6 is 11.6 Å². The predicted octanol–water partition coefficient (Wildman–Crippen LogP) is 3.33. The molecule has 0 aliphatic heterocycles. The second-order valence-corrected chi connectivity index (χ2v) is 4.43. The zero-order chi connectivity index (χ0) is 10.4. The van der Waals surface area contributed by atoms with Gasteiger partial charge < -0.3 is 10.2 Å². The van der Waals surface area contributed by atoms with Gasteiger partial charge in [-0.05, 0) is 18.9 Å². The molecular formula is C11H11ClN2O. The Morgan fingerprint density at radius 1 is 1.40 bits per heavy atom. The third kappa shape index (κ3) is 1.38. The van der Waals surface area contributed by atoms with E-state index in [0.29, 0.717) is 16.6 Å². The molecule has 0 bridgehead atoms. The highest BCUT2D eigenvalue weighted by Gasteiger charge is 2.24. The molecule has 0 radical (unpaired) electrons. The van der Waals surface area contributed by atoms with Gasteiger partial charge in [-0.2, -0.15) is 0 Å². The van der Waals surface area contributed by atoms with Crippen molar-refractivity contribution in [2.24, 2.45) is 0 Å². The summed E-state index contributed by atoms with van der Waals surface area (Å²) in [5.41, 5.74) is 7.78. The van der Waals surface area contributed by atoms with Gasteiger partial charge in [-0.1, -0.05) is 18.0 Å². The molecule has 0 saturated heterocycles. The van der Waals surface area contributed by atoms with Crippen molar-refractivity contribution in [1.82, 2.24) is 4.98 Å². The van der Waals surface area contributed by atoms with Crippen molar-refractivity contribution in [3.63, 3.8) is 0 Å². The van der Waals surface area contributed by atoms with Crippen LogP contribution in [0.2, 0.25) is 5.02 Å². The van der Waals surface area contributed by atoms with Crippen LogP contribution in [0, 0.1) is 0 Å². The van der Waals surface area contributed by atoms with Crippen molar-refractivity contribution in [3.8, 4) is 0 Å². The number of fused-ring (bicyclic) bond motifs is 1. The lowest BCUT2D eigenvalue weighted by Crippen LogP contribution is -2.08. The number of nitrogens with zero attached hydrogens (tertiary/aromatic N) is 1. The highest BCUT2D eigenvalue weighted by atomic mass is 35.5. The molecule has 4 heteroatoms. The predicted molar refractivity (Wildman–Crippen MR) is 60.0 cm³/mol. The molecule has 1 heterocycles. The van der Waals surface area contributed by atoms with Crippen molar-refractivity contribution in [2.45, 2.75) is 25.2 Å². The van der Waals surface area contributed by atoms with Gasteiger partial charge in [0.25, 0.3) is 0 Å². The molecule has 0 amide bonds. The molecule has 2 N–H and O–H groups in total. The number of oxazole rings is 1. The maximum Gasteiger partial charge on any atom is 0.198 e. The minimum atomic E-state index is 0.498. The summed E-state index contributed by atoms with van der Waals surface area (Å²) in [6, 6.07) is 3.50. The number of halogens is 1. The van der Waals surface area contributed by atoms with Gasteiger partial charge >= 0.3 is 0 Å². The molecule has 2 aromatic rings. The number of benzene rings is 1. The van der Waals surface area contributed by atoms with Crippen LogP contribution in [0.1, 0.15) is 31.1 Å². The first-order valence-electron chi connectivity index (χ1n) is 5.09. The lowest BCUT2D eigenvalue weighted by Gasteiger charge is -2.21. The van der Waals surface area contributed by atoms with E-state index in [1.807, 2.05) is 0 Å². The van der Waals surface area contributed by atoms with E-state index >= 15 is 0 Å². The summed E-state index contributed by atoms with van der Waals surface area (Å²) in [6.45, 7) is 0. The molecule has 1 aliphatic carbocycles. The fraction of sp³-hybridized carbons (Fsp3) is 0.364. The lowest BCUT2D eigenvalue weighted by molar-refractivity contribution is 0.344. The molecule has 1 aliphatic rings. The number of aromatic nitrogens is 1. The fourth-order valence-corrected chi connectivity index (χ4v) is 1.97. The maximum atomic E-state index is 5.92. The number of rotatable bonds is 1. The summed E-state index contributed by atoms with van der Waals surface area (Å²) in [6.07, 6.45) is 3.62. The quantitative estimate of drug-likeness (QED) is 0.753. The van der Waals surface area contributed by atoms with Crippen LogP contribution in [0.15, 0.2) is 16.5 Å². The number of anilines is 1. The maximum absolute atomic E-state index is 5.92. The van der Waals surface area contributed by atoms with Crippen LogP contribution in [-0.2, 0) is 0 Å². The summed E-state index contributed by atoms with van der Waals surface area (Å²) in [4.78, 5) is 4.43. The fourth-order valence-electron chi connectivity index (χ4n) is 1.81. The smallest absolute Gasteiger partial charge is 0.198 e. The molecular weight excluding hydrogens is 212 g/mol. The monoisotopic (exact) mass is 222 g/mol. The minimum absolute atomic E-state index is 0.498. The van der Waals surface area contributed by atoms with Gasteiger partial charge in [0.05, 0.1) is 10.7 Å². The van der Waals surface area contributed by atoms with Gasteiger partial charge in [-0.15, -0.1) is 0 Å². The first-order valence-corrected chi connectivity index (χ1v) is 5.47. The summed E-state index contributed by atoms with van der Waals surface area (Å²) in [5.74, 6) is 1.33. The summed E-state index contributed by atoms with van der Waals surface area (Å²) in [7, 11) is 0. The van der Waals surface area contributed by atoms with Gasteiger partial charge in [0.15, 0.2) is 11.5 Å². The standard InChI is InChI=1S/C11H11ClN2O/c12-7-4-9-10(5-8(7)13)15-11(14-9)6-2-1-3-6/h4-6H,1-3,13H2. The third-order valence-corrected chi connectivity index (χ3v) is 3.31. The van der Waals surface area contributed by atoms with Gasteiger partial charge in [0.2, 0.25) is 0 Å². The van der Waals surface area contributed by atoms with Crippen LogP contribution in [0.25, 0.3) is 11.1 Å². The molecule has 1 fully saturated rings. The molecule has 1 saturated carbocycles. The molecule has 0 atom stereocenters. The van der Waals surface area contributed by atoms with Crippen LogP contribution in [-0.4, -0.2) is 4.98 Å². The lowest BCUT2D eigenvalue weighted by atomic mass is 9.85. The van der Waals surface area contributed by atoms with Crippen molar-refractivity contribution < 1.29 is 4.42 Å². The zero-order valence-electron chi connectivity index (χ0n) is 8.16. The van der Waals surface area contributed by atoms with Crippen molar-refractivity contribution in [2.75, 3.05) is 5.73 Å². The van der Waals surface area contributed by atoms with Crippen LogP contribution in [0.5, 0.6) is 0 Å². The first-order chi connectivity index (χ1) is 7.24. The summed E-state index contributed by atoms with van der Waals surface area (Å²) >= 11 is 5.92. The normalized spacial score (nSPS) is 16.9. The van der Waals surface area contributed by atoms with Crippen LogP contribution in [0.4, 0.5) is 5.69 Å². The van der Waals surface area contributed by atoms with E-state index in [1.165, 1.54) is 19.3 Å². The molecule has 3 rings (SSSR count). The topological polar surface area (TPSA) is 52.0 Å². The van der Waals surface area contributed by atoms with E-state index in [-0.39, 0.29) is 0 Å². The van der Waals surface area contributed by atoms with E-state index in [9.17, 15) is 0 Å². The number of hydrogen-bond acceptors (Lipinski definition) is 3. The third-order valence-electron chi connectivity index (χ3n) is 2.98. The van der Waals surface area contributed by atoms with Gasteiger partial charge in [-0.3, -0.25) is 0 Å². The molecule has 1 aromatic carbocycles. The van der Waals surface area contributed by atoms with Gasteiger partial charge in [-0.25, -0.2) is 4.98 Å². The second-order valence-electron chi connectivity index (χ2n) is 4.02. The van der Waals surface area contributed by atoms with E-state index in [2.05, 4.69) is 4.98 Å². The molecule has 15 heavy (non-hydrogen) atoms. The molecule has 0 spiro atoms. The zero-order valence-corrected chi connectivity index (χ0v) is 8.92. The first kappa shape index (κ1) is 9.04. The Bertz CT molecular complexity index is 478. The molecule has 78 valence electrons. The van der Waals surface area contributed by atoms with Gasteiger partial charge in [0.1, 0.15) is 5.52 Å². The average molecular weight is 223 g/mol.